The number of nitrogen functional groups attached to an aromatic ring is 1. The van der Waals surface area contributed by atoms with Crippen molar-refractivity contribution in [2.75, 3.05) is 18.1 Å². The van der Waals surface area contributed by atoms with Crippen LogP contribution in [0.4, 0.5) is 10.2 Å². The van der Waals surface area contributed by atoms with Crippen molar-refractivity contribution in [1.82, 2.24) is 19.7 Å². The van der Waals surface area contributed by atoms with Crippen LogP contribution in [-0.4, -0.2) is 37.9 Å². The summed E-state index contributed by atoms with van der Waals surface area (Å²) in [6.45, 7) is 2.54. The van der Waals surface area contributed by atoms with Crippen LogP contribution in [-0.2, 0) is 13.1 Å². The molecule has 10 heteroatoms. The second-order valence-corrected chi connectivity index (χ2v) is 9.66. The van der Waals surface area contributed by atoms with Gasteiger partial charge in [0.05, 0.1) is 12.2 Å². The molecule has 0 spiro atoms. The molecule has 2 aromatic heterocycles. The number of carbonyl (C=O) groups excluding carboxylic acids is 1. The molecule has 1 aliphatic rings. The molecule has 3 heterocycles. The van der Waals surface area contributed by atoms with Gasteiger partial charge in [-0.2, -0.15) is 10.4 Å². The van der Waals surface area contributed by atoms with E-state index in [1.165, 1.54) is 18.2 Å². The molecule has 1 amide bonds. The number of unbranched alkanes of at least 4 members (excludes halogenated alkanes) is 3. The third-order valence-electron chi connectivity index (χ3n) is 6.31. The summed E-state index contributed by atoms with van der Waals surface area (Å²) in [6.07, 6.45) is 4.99. The number of aryl methyl sites for hydroxylation is 1. The van der Waals surface area contributed by atoms with E-state index in [2.05, 4.69) is 32.1 Å². The number of nitrogens with zero attached hydrogens (tertiary/aromatic N) is 5. The number of hydrogen-bond donors (Lipinski definition) is 1. The predicted octanol–water partition coefficient (Wildman–Crippen LogP) is 5.22. The highest BCUT2D eigenvalue weighted by Gasteiger charge is 2.27. The van der Waals surface area contributed by atoms with E-state index in [0.717, 1.165) is 36.7 Å². The highest BCUT2D eigenvalue weighted by Crippen LogP contribution is 2.36. The lowest BCUT2D eigenvalue weighted by Gasteiger charge is -2.24. The molecular weight excluding hydrogens is 527 g/mol. The van der Waals surface area contributed by atoms with Gasteiger partial charge in [0.1, 0.15) is 18.0 Å². The third-order valence-corrected chi connectivity index (χ3v) is 6.87. The van der Waals surface area contributed by atoms with Gasteiger partial charge < -0.3 is 15.4 Å². The Kier molecular flexibility index (Phi) is 7.89. The van der Waals surface area contributed by atoms with Gasteiger partial charge in [-0.05, 0) is 44.0 Å². The first-order chi connectivity index (χ1) is 17.3. The Bertz CT molecular complexity index is 1320. The summed E-state index contributed by atoms with van der Waals surface area (Å²) in [4.78, 5) is 19.4. The van der Waals surface area contributed by atoms with Crippen molar-refractivity contribution in [2.45, 2.75) is 51.8 Å². The van der Waals surface area contributed by atoms with E-state index in [-0.39, 0.29) is 29.7 Å². The van der Waals surface area contributed by atoms with Gasteiger partial charge >= 0.3 is 0 Å². The first-order valence-electron chi connectivity index (χ1n) is 11.9. The molecule has 1 aromatic carbocycles. The molecule has 8 nitrogen and oxygen atoms in total. The Hall–Kier alpha value is -3.45. The molecule has 0 aliphatic carbocycles. The highest BCUT2D eigenvalue weighted by atomic mass is 79.9. The maximum Gasteiger partial charge on any atom is 0.254 e. The normalized spacial score (nSPS) is 15.2. The number of rotatable bonds is 6. The van der Waals surface area contributed by atoms with Crippen LogP contribution in [0.25, 0.3) is 11.1 Å². The molecule has 4 rings (SSSR count). The average Bonchev–Trinajstić information content (AvgIpc) is 3.21. The maximum atomic E-state index is 14.2. The van der Waals surface area contributed by atoms with Gasteiger partial charge in [-0.15, -0.1) is 0 Å². The summed E-state index contributed by atoms with van der Waals surface area (Å²) in [5.41, 5.74) is 9.03. The molecule has 0 radical (unpaired) electrons. The van der Waals surface area contributed by atoms with Crippen LogP contribution >= 0.6 is 15.9 Å². The van der Waals surface area contributed by atoms with Crippen molar-refractivity contribution in [1.29, 1.82) is 5.26 Å². The Balaban J connectivity index is 1.85. The zero-order chi connectivity index (χ0) is 25.8. The molecule has 2 N–H and O–H groups in total. The zero-order valence-electron chi connectivity index (χ0n) is 20.3. The number of amides is 1. The van der Waals surface area contributed by atoms with Gasteiger partial charge in [-0.3, -0.25) is 9.48 Å². The van der Waals surface area contributed by atoms with Gasteiger partial charge in [0.2, 0.25) is 0 Å². The van der Waals surface area contributed by atoms with E-state index in [9.17, 15) is 14.4 Å². The first-order valence-corrected chi connectivity index (χ1v) is 13.0. The number of nitriles is 1. The largest absolute Gasteiger partial charge is 0.482 e. The Morgan fingerprint density at radius 2 is 2.06 bits per heavy atom. The summed E-state index contributed by atoms with van der Waals surface area (Å²) >= 11 is 3.46. The standard InChI is InChI=1S/C26H28BrFN6O2/c1-16-20-12-18(28)7-8-19(20)26(35)33(2)15-22-24(17-11-23(36-16)25(30)31-14-17)21(13-29)32-34(22)10-6-4-3-5-9-27/h7-8,11-12,14,16H,3-6,9-10,15H2,1-2H3,(H2,30,31)/t16-/m1/s1. The van der Waals surface area contributed by atoms with Gasteiger partial charge in [0.25, 0.3) is 5.91 Å². The minimum atomic E-state index is -0.677. The first kappa shape index (κ1) is 25.6. The number of fused-ring (bicyclic) bond motifs is 5. The third kappa shape index (κ3) is 5.21. The molecule has 188 valence electrons. The number of aromatic nitrogens is 3. The van der Waals surface area contributed by atoms with Crippen LogP contribution in [0.15, 0.2) is 30.5 Å². The lowest BCUT2D eigenvalue weighted by Crippen LogP contribution is -2.29. The number of anilines is 1. The topological polar surface area (TPSA) is 110 Å². The fourth-order valence-electron chi connectivity index (χ4n) is 4.44. The molecule has 3 aromatic rings. The van der Waals surface area contributed by atoms with Crippen molar-refractivity contribution in [3.05, 3.63) is 58.8 Å². The molecule has 0 unspecified atom stereocenters. The molecule has 1 atom stereocenters. The van der Waals surface area contributed by atoms with Crippen LogP contribution in [0.5, 0.6) is 5.75 Å². The smallest absolute Gasteiger partial charge is 0.254 e. The van der Waals surface area contributed by atoms with E-state index < -0.39 is 11.9 Å². The van der Waals surface area contributed by atoms with Gasteiger partial charge in [-0.1, -0.05) is 28.8 Å². The van der Waals surface area contributed by atoms with E-state index >= 15 is 0 Å². The number of halogens is 2. The SMILES string of the molecule is C[C@H]1Oc2cc(cnc2N)-c2c(C#N)nn(CCCCCCBr)c2CN(C)C(=O)c2ccc(F)cc21. The van der Waals surface area contributed by atoms with Gasteiger partial charge in [-0.25, -0.2) is 9.37 Å². The molecule has 0 saturated heterocycles. The van der Waals surface area contributed by atoms with Crippen molar-refractivity contribution in [3.63, 3.8) is 0 Å². The molecular formula is C26H28BrFN6O2. The lowest BCUT2D eigenvalue weighted by molar-refractivity contribution is 0.0776. The zero-order valence-corrected chi connectivity index (χ0v) is 21.9. The van der Waals surface area contributed by atoms with Crippen LogP contribution < -0.4 is 10.5 Å². The summed E-state index contributed by atoms with van der Waals surface area (Å²) in [5, 5.41) is 15.5. The molecule has 0 saturated carbocycles. The van der Waals surface area contributed by atoms with Gasteiger partial charge in [0.15, 0.2) is 17.3 Å². The van der Waals surface area contributed by atoms with Crippen LogP contribution in [0.2, 0.25) is 0 Å². The maximum absolute atomic E-state index is 14.2. The van der Waals surface area contributed by atoms with E-state index in [4.69, 9.17) is 10.5 Å². The molecule has 2 bridgehead atoms. The van der Waals surface area contributed by atoms with Crippen molar-refractivity contribution < 1.29 is 13.9 Å². The fourth-order valence-corrected chi connectivity index (χ4v) is 4.84. The summed E-state index contributed by atoms with van der Waals surface area (Å²) < 4.78 is 22.1. The minimum Gasteiger partial charge on any atom is -0.482 e. The number of ether oxygens (including phenoxy) is 1. The van der Waals surface area contributed by atoms with Gasteiger partial charge in [0, 0.05) is 47.4 Å². The molecule has 0 fully saturated rings. The van der Waals surface area contributed by atoms with Crippen molar-refractivity contribution in [3.8, 4) is 22.9 Å². The van der Waals surface area contributed by atoms with E-state index in [0.29, 0.717) is 28.8 Å². The number of nitrogens with two attached hydrogens (primary N) is 1. The van der Waals surface area contributed by atoms with Crippen LogP contribution in [0.3, 0.4) is 0 Å². The number of benzene rings is 1. The molecule has 36 heavy (non-hydrogen) atoms. The van der Waals surface area contributed by atoms with Crippen LogP contribution in [0, 0.1) is 17.1 Å². The monoisotopic (exact) mass is 554 g/mol. The minimum absolute atomic E-state index is 0.156. The number of alkyl halides is 1. The Labute approximate surface area is 218 Å². The fraction of sp³-hybridized carbons (Fsp3) is 0.385. The van der Waals surface area contributed by atoms with Crippen LogP contribution in [0.1, 0.15) is 66.0 Å². The Morgan fingerprint density at radius 3 is 2.81 bits per heavy atom. The Morgan fingerprint density at radius 1 is 1.28 bits per heavy atom. The quantitative estimate of drug-likeness (QED) is 0.330. The second-order valence-electron chi connectivity index (χ2n) is 8.87. The van der Waals surface area contributed by atoms with E-state index in [1.807, 2.05) is 4.68 Å². The summed E-state index contributed by atoms with van der Waals surface area (Å²) in [5.74, 6) is -0.312. The summed E-state index contributed by atoms with van der Waals surface area (Å²) in [7, 11) is 1.68. The number of hydrogen-bond acceptors (Lipinski definition) is 6. The predicted molar refractivity (Wildman–Crippen MR) is 138 cm³/mol. The molecule has 1 aliphatic heterocycles. The van der Waals surface area contributed by atoms with E-state index in [1.54, 1.807) is 31.1 Å². The van der Waals surface area contributed by atoms with Crippen molar-refractivity contribution in [2.24, 2.45) is 0 Å². The van der Waals surface area contributed by atoms with Crippen molar-refractivity contribution >= 4 is 27.7 Å². The lowest BCUT2D eigenvalue weighted by atomic mass is 10.00. The average molecular weight is 555 g/mol. The summed E-state index contributed by atoms with van der Waals surface area (Å²) in [6, 6.07) is 7.96. The second kappa shape index (κ2) is 11.1. The highest BCUT2D eigenvalue weighted by molar-refractivity contribution is 9.09. The number of carbonyl (C=O) groups is 1. The number of pyridine rings is 1.